The van der Waals surface area contributed by atoms with Gasteiger partial charge >= 0.3 is 12.1 Å². The number of amides is 3. The number of hydrogen-bond donors (Lipinski definition) is 4. The minimum absolute atomic E-state index is 0.0275. The second kappa shape index (κ2) is 14.3. The fraction of sp³-hybridized carbons (Fsp3) is 0.360. The second-order valence-corrected chi connectivity index (χ2v) is 11.3. The molecule has 3 amide bonds. The molecule has 0 unspecified atom stereocenters. The van der Waals surface area contributed by atoms with Gasteiger partial charge in [0.05, 0.1) is 15.1 Å². The molecule has 0 aliphatic heterocycles. The molecular formula is C25H26Cl5N3O7. The summed E-state index contributed by atoms with van der Waals surface area (Å²) in [6, 6.07) is 3.75. The number of hydrogen-bond acceptors (Lipinski definition) is 7. The monoisotopic (exact) mass is 655 g/mol. The van der Waals surface area contributed by atoms with Crippen molar-refractivity contribution in [1.82, 2.24) is 16.0 Å². The first-order chi connectivity index (χ1) is 18.5. The zero-order valence-corrected chi connectivity index (χ0v) is 25.4. The molecule has 15 heteroatoms. The van der Waals surface area contributed by atoms with E-state index in [4.69, 9.17) is 67.5 Å². The molecule has 0 fully saturated rings. The molecule has 4 N–H and O–H groups in total. The number of ether oxygens (including phenoxy) is 2. The Morgan fingerprint density at radius 3 is 1.90 bits per heavy atom. The van der Waals surface area contributed by atoms with Gasteiger partial charge < -0.3 is 30.5 Å². The number of phenolic OH excluding ortho intramolecular Hbond substituents is 1. The van der Waals surface area contributed by atoms with Crippen LogP contribution in [0.5, 0.6) is 11.5 Å². The van der Waals surface area contributed by atoms with Crippen molar-refractivity contribution in [1.29, 1.82) is 0 Å². The maximum absolute atomic E-state index is 13.0. The molecule has 0 aliphatic rings. The summed E-state index contributed by atoms with van der Waals surface area (Å²) < 4.78 is 10.3. The van der Waals surface area contributed by atoms with E-state index in [0.29, 0.717) is 5.56 Å². The first-order valence-corrected chi connectivity index (χ1v) is 13.5. The predicted molar refractivity (Wildman–Crippen MR) is 153 cm³/mol. The van der Waals surface area contributed by atoms with Crippen LogP contribution < -0.4 is 20.7 Å². The summed E-state index contributed by atoms with van der Waals surface area (Å²) >= 11 is 29.9. The lowest BCUT2D eigenvalue weighted by atomic mass is 10.0. The molecule has 2 rings (SSSR count). The van der Waals surface area contributed by atoms with Crippen molar-refractivity contribution in [2.24, 2.45) is 0 Å². The quantitative estimate of drug-likeness (QED) is 0.124. The summed E-state index contributed by atoms with van der Waals surface area (Å²) in [6.07, 6.45) is -0.814. The topological polar surface area (TPSA) is 143 Å². The van der Waals surface area contributed by atoms with E-state index in [2.05, 4.69) is 16.0 Å². The van der Waals surface area contributed by atoms with Crippen molar-refractivity contribution in [3.05, 3.63) is 54.9 Å². The van der Waals surface area contributed by atoms with Gasteiger partial charge in [0.15, 0.2) is 5.75 Å². The van der Waals surface area contributed by atoms with Gasteiger partial charge in [0.25, 0.3) is 0 Å². The summed E-state index contributed by atoms with van der Waals surface area (Å²) in [5.74, 6) is -2.72. The average molecular weight is 658 g/mol. The molecule has 10 nitrogen and oxygen atoms in total. The third-order valence-electron chi connectivity index (χ3n) is 4.93. The first-order valence-electron chi connectivity index (χ1n) is 11.6. The molecule has 2 aromatic rings. The lowest BCUT2D eigenvalue weighted by Gasteiger charge is -2.24. The van der Waals surface area contributed by atoms with E-state index in [1.165, 1.54) is 19.1 Å². The van der Waals surface area contributed by atoms with Crippen molar-refractivity contribution in [3.63, 3.8) is 0 Å². The summed E-state index contributed by atoms with van der Waals surface area (Å²) in [5, 5.41) is 15.8. The van der Waals surface area contributed by atoms with Gasteiger partial charge in [-0.15, -0.1) is 0 Å². The van der Waals surface area contributed by atoms with E-state index in [9.17, 15) is 24.3 Å². The summed E-state index contributed by atoms with van der Waals surface area (Å²) in [4.78, 5) is 50.2. The Bertz CT molecular complexity index is 1250. The fourth-order valence-electron chi connectivity index (χ4n) is 3.04. The van der Waals surface area contributed by atoms with Gasteiger partial charge in [0.1, 0.15) is 40.0 Å². The molecule has 0 saturated heterocycles. The van der Waals surface area contributed by atoms with Crippen molar-refractivity contribution in [2.75, 3.05) is 6.54 Å². The number of esters is 1. The van der Waals surface area contributed by atoms with Gasteiger partial charge in [0.2, 0.25) is 11.8 Å². The number of aromatic hydroxyl groups is 1. The Hall–Kier alpha value is -2.63. The van der Waals surface area contributed by atoms with E-state index in [1.807, 2.05) is 0 Å². The van der Waals surface area contributed by atoms with Crippen molar-refractivity contribution < 1.29 is 33.8 Å². The molecule has 0 saturated carbocycles. The summed E-state index contributed by atoms with van der Waals surface area (Å²) in [5.41, 5.74) is -0.198. The van der Waals surface area contributed by atoms with Gasteiger partial charge in [-0.05, 0) is 45.4 Å². The number of nitrogens with one attached hydrogen (secondary N) is 3. The van der Waals surface area contributed by atoms with Crippen LogP contribution in [0.3, 0.4) is 0 Å². The average Bonchev–Trinajstić information content (AvgIpc) is 2.87. The number of carbonyl (C=O) groups is 4. The predicted octanol–water partition coefficient (Wildman–Crippen LogP) is 5.32. The van der Waals surface area contributed by atoms with Crippen LogP contribution in [0.25, 0.3) is 0 Å². The SMILES string of the molecule is C[C@@H](NC(=O)[C@H](Cc1ccc(O)cc1)NC(=O)OC(C)(C)C)C(=O)NCC(=O)Oc1c(Cl)c(Cl)c(Cl)c(Cl)c1Cl. The number of alkyl carbamates (subject to hydrolysis) is 1. The first kappa shape index (κ1) is 33.6. The zero-order valence-electron chi connectivity index (χ0n) is 21.7. The number of phenols is 1. The van der Waals surface area contributed by atoms with Crippen LogP contribution in [-0.2, 0) is 25.5 Å². The van der Waals surface area contributed by atoms with E-state index < -0.39 is 48.1 Å². The standard InChI is InChI=1S/C25H26Cl5N3O7/c1-11(22(36)31-10-15(35)39-21-19(29)17(27)16(26)18(28)20(21)30)32-23(37)14(33-24(38)40-25(2,3)4)9-12-5-7-13(34)8-6-12/h5-8,11,14,34H,9-10H2,1-4H3,(H,31,36)(H,32,37)(H,33,38)/t11-,14+/m1/s1. The van der Waals surface area contributed by atoms with Crippen molar-refractivity contribution in [2.45, 2.75) is 51.8 Å². The van der Waals surface area contributed by atoms with Crippen LogP contribution in [0.1, 0.15) is 33.3 Å². The minimum atomic E-state index is -1.14. The van der Waals surface area contributed by atoms with Crippen LogP contribution in [-0.4, -0.2) is 53.2 Å². The normalized spacial score (nSPS) is 12.6. The Kier molecular flexibility index (Phi) is 12.0. The minimum Gasteiger partial charge on any atom is -0.508 e. The maximum Gasteiger partial charge on any atom is 0.408 e. The van der Waals surface area contributed by atoms with Crippen LogP contribution in [0.15, 0.2) is 24.3 Å². The van der Waals surface area contributed by atoms with E-state index >= 15 is 0 Å². The number of halogens is 5. The Morgan fingerprint density at radius 1 is 0.850 bits per heavy atom. The Balaban J connectivity index is 2.03. The van der Waals surface area contributed by atoms with Gasteiger partial charge in [-0.3, -0.25) is 9.59 Å². The van der Waals surface area contributed by atoms with Gasteiger partial charge in [-0.25, -0.2) is 9.59 Å². The van der Waals surface area contributed by atoms with Gasteiger partial charge in [0, 0.05) is 6.42 Å². The molecule has 0 bridgehead atoms. The maximum atomic E-state index is 13.0. The van der Waals surface area contributed by atoms with Gasteiger partial charge in [-0.1, -0.05) is 70.1 Å². The highest BCUT2D eigenvalue weighted by atomic mass is 35.5. The lowest BCUT2D eigenvalue weighted by molar-refractivity contribution is -0.136. The van der Waals surface area contributed by atoms with E-state index in [1.54, 1.807) is 32.9 Å². The third kappa shape index (κ3) is 9.78. The lowest BCUT2D eigenvalue weighted by Crippen LogP contribution is -2.54. The zero-order chi connectivity index (χ0) is 30.4. The molecule has 0 radical (unpaired) electrons. The largest absolute Gasteiger partial charge is 0.508 e. The molecule has 0 aromatic heterocycles. The molecule has 2 aromatic carbocycles. The van der Waals surface area contributed by atoms with Crippen LogP contribution in [0.2, 0.25) is 25.1 Å². The fourth-order valence-corrected chi connectivity index (χ4v) is 4.24. The summed E-state index contributed by atoms with van der Waals surface area (Å²) in [6.45, 7) is 5.73. The number of benzene rings is 2. The van der Waals surface area contributed by atoms with Crippen LogP contribution >= 0.6 is 58.0 Å². The van der Waals surface area contributed by atoms with E-state index in [0.717, 1.165) is 0 Å². The van der Waals surface area contributed by atoms with Crippen molar-refractivity contribution in [3.8, 4) is 11.5 Å². The van der Waals surface area contributed by atoms with Gasteiger partial charge in [-0.2, -0.15) is 0 Å². The molecule has 2 atom stereocenters. The van der Waals surface area contributed by atoms with Crippen LogP contribution in [0, 0.1) is 0 Å². The summed E-state index contributed by atoms with van der Waals surface area (Å²) in [7, 11) is 0. The Labute approximate surface area is 255 Å². The molecule has 0 heterocycles. The number of carbonyl (C=O) groups excluding carboxylic acids is 4. The highest BCUT2D eigenvalue weighted by Gasteiger charge is 2.28. The third-order valence-corrected chi connectivity index (χ3v) is 7.17. The molecular weight excluding hydrogens is 632 g/mol. The number of rotatable bonds is 9. The highest BCUT2D eigenvalue weighted by molar-refractivity contribution is 6.55. The van der Waals surface area contributed by atoms with E-state index in [-0.39, 0.29) is 43.0 Å². The molecule has 0 spiro atoms. The van der Waals surface area contributed by atoms with Crippen LogP contribution in [0.4, 0.5) is 4.79 Å². The molecule has 40 heavy (non-hydrogen) atoms. The Morgan fingerprint density at radius 2 is 1.38 bits per heavy atom. The molecule has 218 valence electrons. The second-order valence-electron chi connectivity index (χ2n) is 9.39. The smallest absolute Gasteiger partial charge is 0.408 e. The van der Waals surface area contributed by atoms with Crippen molar-refractivity contribution >= 4 is 81.9 Å². The highest BCUT2D eigenvalue weighted by Crippen LogP contribution is 2.48. The molecule has 0 aliphatic carbocycles.